The summed E-state index contributed by atoms with van der Waals surface area (Å²) in [6.07, 6.45) is 1.51. The van der Waals surface area contributed by atoms with Crippen LogP contribution in [-0.2, 0) is 16.6 Å². The van der Waals surface area contributed by atoms with Gasteiger partial charge in [0.1, 0.15) is 10.7 Å². The molecular formula is C13H13FN2O3S. The van der Waals surface area contributed by atoms with Crippen LogP contribution in [0.4, 0.5) is 4.39 Å². The van der Waals surface area contributed by atoms with Gasteiger partial charge >= 0.3 is 0 Å². The lowest BCUT2D eigenvalue weighted by molar-refractivity contribution is 0.397. The molecule has 1 N–H and O–H groups in total. The molecule has 1 aromatic heterocycles. The molecule has 0 aliphatic rings. The van der Waals surface area contributed by atoms with E-state index in [1.54, 1.807) is 12.1 Å². The Morgan fingerprint density at radius 3 is 2.75 bits per heavy atom. The van der Waals surface area contributed by atoms with Crippen molar-refractivity contribution >= 4 is 10.0 Å². The number of nitrogens with one attached hydrogen (secondary N) is 1. The molecule has 2 aromatic rings. The van der Waals surface area contributed by atoms with Gasteiger partial charge < -0.3 is 4.74 Å². The van der Waals surface area contributed by atoms with Gasteiger partial charge in [-0.25, -0.2) is 22.5 Å². The number of rotatable bonds is 5. The molecule has 0 bridgehead atoms. The Labute approximate surface area is 116 Å². The van der Waals surface area contributed by atoms with Gasteiger partial charge in [-0.3, -0.25) is 0 Å². The summed E-state index contributed by atoms with van der Waals surface area (Å²) in [5.41, 5.74) is 0.664. The molecule has 0 fully saturated rings. The number of nitrogens with zero attached hydrogens (tertiary/aromatic N) is 1. The minimum atomic E-state index is -3.89. The Hall–Kier alpha value is -1.99. The second-order valence-electron chi connectivity index (χ2n) is 3.96. The van der Waals surface area contributed by atoms with Crippen LogP contribution in [0.2, 0.25) is 0 Å². The topological polar surface area (TPSA) is 68.3 Å². The number of pyridine rings is 1. The largest absolute Gasteiger partial charge is 0.481 e. The zero-order chi connectivity index (χ0) is 14.6. The van der Waals surface area contributed by atoms with Crippen LogP contribution >= 0.6 is 0 Å². The Morgan fingerprint density at radius 1 is 1.30 bits per heavy atom. The van der Waals surface area contributed by atoms with Crippen molar-refractivity contribution in [2.24, 2.45) is 0 Å². The normalized spacial score (nSPS) is 11.3. The molecule has 20 heavy (non-hydrogen) atoms. The standard InChI is InChI=1S/C13H13FN2O3S/c1-19-13-8-10(6-7-15-13)9-16-20(17,18)12-5-3-2-4-11(12)14/h2-8,16H,9H2,1H3. The highest BCUT2D eigenvalue weighted by Crippen LogP contribution is 2.14. The minimum absolute atomic E-state index is 0.0234. The average Bonchev–Trinajstić information content (AvgIpc) is 2.46. The van der Waals surface area contributed by atoms with Gasteiger partial charge in [-0.2, -0.15) is 0 Å². The van der Waals surface area contributed by atoms with Crippen molar-refractivity contribution in [2.75, 3.05) is 7.11 Å². The molecule has 0 aliphatic heterocycles. The van der Waals surface area contributed by atoms with E-state index in [0.29, 0.717) is 11.4 Å². The van der Waals surface area contributed by atoms with Crippen molar-refractivity contribution in [3.05, 3.63) is 54.0 Å². The fraction of sp³-hybridized carbons (Fsp3) is 0.154. The third-order valence-electron chi connectivity index (χ3n) is 2.60. The van der Waals surface area contributed by atoms with E-state index in [1.165, 1.54) is 31.5 Å². The van der Waals surface area contributed by atoms with Gasteiger partial charge in [0.2, 0.25) is 15.9 Å². The molecule has 0 unspecified atom stereocenters. The zero-order valence-corrected chi connectivity index (χ0v) is 11.5. The highest BCUT2D eigenvalue weighted by atomic mass is 32.2. The van der Waals surface area contributed by atoms with Crippen LogP contribution in [-0.4, -0.2) is 20.5 Å². The summed E-state index contributed by atoms with van der Waals surface area (Å²) in [5, 5.41) is 0. The maximum atomic E-state index is 13.5. The lowest BCUT2D eigenvalue weighted by Crippen LogP contribution is -2.24. The average molecular weight is 296 g/mol. The van der Waals surface area contributed by atoms with Crippen molar-refractivity contribution in [1.29, 1.82) is 0 Å². The number of benzene rings is 1. The van der Waals surface area contributed by atoms with Crippen LogP contribution in [0, 0.1) is 5.82 Å². The van der Waals surface area contributed by atoms with Crippen LogP contribution in [0.3, 0.4) is 0 Å². The van der Waals surface area contributed by atoms with E-state index in [-0.39, 0.29) is 11.4 Å². The van der Waals surface area contributed by atoms with Gasteiger partial charge in [0.25, 0.3) is 0 Å². The lowest BCUT2D eigenvalue weighted by Gasteiger charge is -2.08. The van der Waals surface area contributed by atoms with Crippen LogP contribution in [0.15, 0.2) is 47.5 Å². The molecule has 0 aliphatic carbocycles. The Kier molecular flexibility index (Phi) is 4.31. The molecule has 5 nitrogen and oxygen atoms in total. The first-order valence-electron chi connectivity index (χ1n) is 5.76. The highest BCUT2D eigenvalue weighted by Gasteiger charge is 2.17. The van der Waals surface area contributed by atoms with Crippen molar-refractivity contribution < 1.29 is 17.5 Å². The van der Waals surface area contributed by atoms with Crippen molar-refractivity contribution in [3.63, 3.8) is 0 Å². The van der Waals surface area contributed by atoms with Gasteiger partial charge in [0.15, 0.2) is 0 Å². The Bertz CT molecular complexity index is 704. The van der Waals surface area contributed by atoms with Gasteiger partial charge in [0, 0.05) is 18.8 Å². The highest BCUT2D eigenvalue weighted by molar-refractivity contribution is 7.89. The summed E-state index contributed by atoms with van der Waals surface area (Å²) in [5.74, 6) is -0.403. The summed E-state index contributed by atoms with van der Waals surface area (Å²) in [4.78, 5) is 3.54. The van der Waals surface area contributed by atoms with Crippen molar-refractivity contribution in [1.82, 2.24) is 9.71 Å². The first kappa shape index (κ1) is 14.4. The lowest BCUT2D eigenvalue weighted by atomic mass is 10.3. The first-order valence-corrected chi connectivity index (χ1v) is 7.24. The molecular weight excluding hydrogens is 283 g/mol. The summed E-state index contributed by atoms with van der Waals surface area (Å²) < 4.78 is 44.7. The number of aromatic nitrogens is 1. The zero-order valence-electron chi connectivity index (χ0n) is 10.7. The molecule has 0 radical (unpaired) electrons. The molecule has 0 atom stereocenters. The number of hydrogen-bond acceptors (Lipinski definition) is 4. The number of sulfonamides is 1. The maximum absolute atomic E-state index is 13.5. The summed E-state index contributed by atoms with van der Waals surface area (Å²) >= 11 is 0. The third-order valence-corrected chi connectivity index (χ3v) is 4.04. The van der Waals surface area contributed by atoms with Gasteiger partial charge in [-0.1, -0.05) is 12.1 Å². The van der Waals surface area contributed by atoms with Crippen LogP contribution in [0.1, 0.15) is 5.56 Å². The van der Waals surface area contributed by atoms with E-state index >= 15 is 0 Å². The summed E-state index contributed by atoms with van der Waals surface area (Å²) in [6, 6.07) is 8.46. The molecule has 1 aromatic carbocycles. The van der Waals surface area contributed by atoms with Crippen LogP contribution in [0.5, 0.6) is 5.88 Å². The van der Waals surface area contributed by atoms with E-state index in [9.17, 15) is 12.8 Å². The summed E-state index contributed by atoms with van der Waals surface area (Å²) in [6.45, 7) is 0.0234. The Morgan fingerprint density at radius 2 is 2.05 bits per heavy atom. The molecule has 2 rings (SSSR count). The van der Waals surface area contributed by atoms with E-state index in [1.807, 2.05) is 0 Å². The van der Waals surface area contributed by atoms with Gasteiger partial charge in [0.05, 0.1) is 7.11 Å². The van der Waals surface area contributed by atoms with Crippen LogP contribution in [0.25, 0.3) is 0 Å². The van der Waals surface area contributed by atoms with E-state index in [4.69, 9.17) is 4.74 Å². The van der Waals surface area contributed by atoms with Crippen molar-refractivity contribution in [3.8, 4) is 5.88 Å². The predicted molar refractivity (Wildman–Crippen MR) is 71.2 cm³/mol. The third kappa shape index (κ3) is 3.31. The monoisotopic (exact) mass is 296 g/mol. The van der Waals surface area contributed by atoms with E-state index in [2.05, 4.69) is 9.71 Å². The predicted octanol–water partition coefficient (Wildman–Crippen LogP) is 1.71. The quantitative estimate of drug-likeness (QED) is 0.912. The molecule has 0 saturated carbocycles. The SMILES string of the molecule is COc1cc(CNS(=O)(=O)c2ccccc2F)ccn1. The second kappa shape index (κ2) is 5.98. The fourth-order valence-corrected chi connectivity index (χ4v) is 2.69. The molecule has 0 amide bonds. The number of halogens is 1. The molecule has 1 heterocycles. The molecule has 106 valence electrons. The fourth-order valence-electron chi connectivity index (χ4n) is 1.59. The van der Waals surface area contributed by atoms with E-state index in [0.717, 1.165) is 6.07 Å². The Balaban J connectivity index is 2.15. The first-order chi connectivity index (χ1) is 9.53. The number of ether oxygens (including phenoxy) is 1. The molecule has 0 spiro atoms. The molecule has 7 heteroatoms. The van der Waals surface area contributed by atoms with Crippen LogP contribution < -0.4 is 9.46 Å². The second-order valence-corrected chi connectivity index (χ2v) is 5.70. The smallest absolute Gasteiger partial charge is 0.243 e. The van der Waals surface area contributed by atoms with E-state index < -0.39 is 15.8 Å². The summed E-state index contributed by atoms with van der Waals surface area (Å²) in [7, 11) is -2.43. The maximum Gasteiger partial charge on any atom is 0.243 e. The molecule has 0 saturated heterocycles. The minimum Gasteiger partial charge on any atom is -0.481 e. The number of hydrogen-bond donors (Lipinski definition) is 1. The van der Waals surface area contributed by atoms with Gasteiger partial charge in [-0.15, -0.1) is 0 Å². The van der Waals surface area contributed by atoms with Crippen molar-refractivity contribution in [2.45, 2.75) is 11.4 Å². The number of methoxy groups -OCH3 is 1. The van der Waals surface area contributed by atoms with Gasteiger partial charge in [-0.05, 0) is 23.8 Å².